The van der Waals surface area contributed by atoms with E-state index < -0.39 is 17.5 Å². The minimum absolute atomic E-state index is 0.0733. The Morgan fingerprint density at radius 3 is 2.03 bits per heavy atom. The minimum Gasteiger partial charge on any atom is -0.453 e. The first-order valence-corrected chi connectivity index (χ1v) is 10.1. The number of nitrogens with one attached hydrogen (secondary N) is 1. The molecular weight excluding hydrogens is 429 g/mol. The number of benzene rings is 4. The van der Waals surface area contributed by atoms with E-state index in [-0.39, 0.29) is 16.9 Å². The number of ether oxygens (including phenoxy) is 1. The number of hydrogen-bond acceptors (Lipinski definition) is 3. The summed E-state index contributed by atoms with van der Waals surface area (Å²) < 4.78 is 21.3. The summed E-state index contributed by atoms with van der Waals surface area (Å²) in [5, 5.41) is 2.99. The van der Waals surface area contributed by atoms with Crippen LogP contribution in [0, 0.1) is 5.82 Å². The molecule has 0 unspecified atom stereocenters. The molecule has 0 aliphatic heterocycles. The Balaban J connectivity index is 1.77. The van der Waals surface area contributed by atoms with E-state index in [0.29, 0.717) is 22.0 Å². The van der Waals surface area contributed by atoms with Crippen LogP contribution in [-0.4, -0.2) is 11.7 Å². The van der Waals surface area contributed by atoms with Crippen molar-refractivity contribution in [1.29, 1.82) is 0 Å². The molecule has 158 valence electrons. The fraction of sp³-hybridized carbons (Fsp3) is 0. The molecule has 4 nitrogen and oxygen atoms in total. The third kappa shape index (κ3) is 4.53. The van der Waals surface area contributed by atoms with E-state index >= 15 is 4.39 Å². The van der Waals surface area contributed by atoms with Gasteiger partial charge < -0.3 is 10.1 Å². The smallest absolute Gasteiger partial charge is 0.259 e. The fourth-order valence-electron chi connectivity index (χ4n) is 3.11. The van der Waals surface area contributed by atoms with E-state index in [0.717, 1.165) is 0 Å². The van der Waals surface area contributed by atoms with Crippen LogP contribution in [-0.2, 0) is 0 Å². The molecule has 0 saturated carbocycles. The molecule has 32 heavy (non-hydrogen) atoms. The van der Waals surface area contributed by atoms with Crippen LogP contribution < -0.4 is 10.1 Å². The number of ketones is 1. The van der Waals surface area contributed by atoms with Gasteiger partial charge in [-0.3, -0.25) is 9.59 Å². The molecule has 0 atom stereocenters. The van der Waals surface area contributed by atoms with Crippen LogP contribution >= 0.6 is 11.6 Å². The van der Waals surface area contributed by atoms with Gasteiger partial charge in [-0.2, -0.15) is 0 Å². The van der Waals surface area contributed by atoms with Gasteiger partial charge in [0, 0.05) is 5.56 Å². The van der Waals surface area contributed by atoms with Gasteiger partial charge in [-0.15, -0.1) is 0 Å². The lowest BCUT2D eigenvalue weighted by molar-refractivity contribution is 0.101. The maximum Gasteiger partial charge on any atom is 0.259 e. The predicted octanol–water partition coefficient (Wildman–Crippen LogP) is 6.75. The molecule has 0 radical (unpaired) electrons. The molecular formula is C26H17ClFNO3. The summed E-state index contributed by atoms with van der Waals surface area (Å²) in [4.78, 5) is 25.9. The van der Waals surface area contributed by atoms with E-state index in [2.05, 4.69) is 5.32 Å². The first-order chi connectivity index (χ1) is 15.5. The minimum atomic E-state index is -0.922. The van der Waals surface area contributed by atoms with Crippen LogP contribution in [0.3, 0.4) is 0 Å². The molecule has 0 bridgehead atoms. The SMILES string of the molecule is O=C(c1ccccc1)c1ccc(C(=O)Nc2ccccc2Cl)c(Oc2ccccc2)c1F. The Hall–Kier alpha value is -3.96. The standard InChI is InChI=1S/C26H17ClFNO3/c27-21-13-7-8-14-22(21)29-26(31)20-16-15-19(24(30)17-9-3-1-4-10-17)23(28)25(20)32-18-11-5-2-6-12-18/h1-16H,(H,29,31). The normalized spacial score (nSPS) is 10.4. The van der Waals surface area contributed by atoms with Crippen molar-refractivity contribution in [3.63, 3.8) is 0 Å². The zero-order valence-electron chi connectivity index (χ0n) is 16.7. The van der Waals surface area contributed by atoms with Gasteiger partial charge in [-0.25, -0.2) is 4.39 Å². The number of rotatable bonds is 6. The van der Waals surface area contributed by atoms with Gasteiger partial charge in [0.05, 0.1) is 21.8 Å². The van der Waals surface area contributed by atoms with Crippen molar-refractivity contribution in [2.24, 2.45) is 0 Å². The van der Waals surface area contributed by atoms with E-state index in [1.54, 1.807) is 84.9 Å². The molecule has 0 aliphatic carbocycles. The third-order valence-corrected chi connectivity index (χ3v) is 5.04. The monoisotopic (exact) mass is 445 g/mol. The molecule has 4 rings (SSSR count). The van der Waals surface area contributed by atoms with Crippen molar-refractivity contribution in [3.8, 4) is 11.5 Å². The Kier molecular flexibility index (Phi) is 6.29. The van der Waals surface area contributed by atoms with Gasteiger partial charge in [0.1, 0.15) is 5.75 Å². The number of anilines is 1. The highest BCUT2D eigenvalue weighted by molar-refractivity contribution is 6.34. The lowest BCUT2D eigenvalue weighted by Gasteiger charge is -2.15. The quantitative estimate of drug-likeness (QED) is 0.334. The largest absolute Gasteiger partial charge is 0.453 e. The molecule has 4 aromatic carbocycles. The summed E-state index contributed by atoms with van der Waals surface area (Å²) in [5.74, 6) is -2.08. The fourth-order valence-corrected chi connectivity index (χ4v) is 3.30. The molecule has 1 amide bonds. The highest BCUT2D eigenvalue weighted by atomic mass is 35.5. The van der Waals surface area contributed by atoms with Crippen molar-refractivity contribution in [3.05, 3.63) is 125 Å². The molecule has 0 spiro atoms. The molecule has 0 aromatic heterocycles. The molecule has 1 N–H and O–H groups in total. The summed E-state index contributed by atoms with van der Waals surface area (Å²) >= 11 is 6.13. The number of halogens is 2. The number of hydrogen-bond donors (Lipinski definition) is 1. The van der Waals surface area contributed by atoms with E-state index in [1.165, 1.54) is 12.1 Å². The topological polar surface area (TPSA) is 55.4 Å². The first kappa shape index (κ1) is 21.3. The van der Waals surface area contributed by atoms with Crippen LogP contribution in [0.5, 0.6) is 11.5 Å². The molecule has 0 saturated heterocycles. The average molecular weight is 446 g/mol. The van der Waals surface area contributed by atoms with E-state index in [9.17, 15) is 9.59 Å². The van der Waals surface area contributed by atoms with Crippen LogP contribution in [0.25, 0.3) is 0 Å². The number of carbonyl (C=O) groups excluding carboxylic acids is 2. The van der Waals surface area contributed by atoms with Crippen molar-refractivity contribution in [2.75, 3.05) is 5.32 Å². The van der Waals surface area contributed by atoms with Crippen molar-refractivity contribution < 1.29 is 18.7 Å². The number of amides is 1. The lowest BCUT2D eigenvalue weighted by Crippen LogP contribution is -2.16. The highest BCUT2D eigenvalue weighted by Crippen LogP contribution is 2.33. The first-order valence-electron chi connectivity index (χ1n) is 9.75. The Labute approximate surface area is 189 Å². The molecule has 0 heterocycles. The van der Waals surface area contributed by atoms with Gasteiger partial charge >= 0.3 is 0 Å². The van der Waals surface area contributed by atoms with E-state index in [4.69, 9.17) is 16.3 Å². The zero-order chi connectivity index (χ0) is 22.5. The molecule has 0 aliphatic rings. The van der Waals surface area contributed by atoms with E-state index in [1.807, 2.05) is 0 Å². The Morgan fingerprint density at radius 2 is 1.34 bits per heavy atom. The van der Waals surface area contributed by atoms with Crippen molar-refractivity contribution >= 4 is 29.0 Å². The second kappa shape index (κ2) is 9.45. The van der Waals surface area contributed by atoms with Crippen LogP contribution in [0.2, 0.25) is 5.02 Å². The number of para-hydroxylation sites is 2. The Bertz CT molecular complexity index is 1280. The lowest BCUT2D eigenvalue weighted by atomic mass is 10.00. The summed E-state index contributed by atoms with van der Waals surface area (Å²) in [6.07, 6.45) is 0. The van der Waals surface area contributed by atoms with Gasteiger partial charge in [-0.1, -0.05) is 72.3 Å². The second-order valence-corrected chi connectivity index (χ2v) is 7.26. The second-order valence-electron chi connectivity index (χ2n) is 6.85. The summed E-state index contributed by atoms with van der Waals surface area (Å²) in [7, 11) is 0. The third-order valence-electron chi connectivity index (χ3n) is 4.71. The maximum absolute atomic E-state index is 15.6. The van der Waals surface area contributed by atoms with Crippen molar-refractivity contribution in [1.82, 2.24) is 0 Å². The summed E-state index contributed by atoms with van der Waals surface area (Å²) in [6, 6.07) is 26.1. The summed E-state index contributed by atoms with van der Waals surface area (Å²) in [5.41, 5.74) is 0.423. The van der Waals surface area contributed by atoms with Crippen LogP contribution in [0.4, 0.5) is 10.1 Å². The molecule has 0 fully saturated rings. The highest BCUT2D eigenvalue weighted by Gasteiger charge is 2.25. The maximum atomic E-state index is 15.6. The van der Waals surface area contributed by atoms with Gasteiger partial charge in [0.2, 0.25) is 0 Å². The van der Waals surface area contributed by atoms with Gasteiger partial charge in [0.15, 0.2) is 17.3 Å². The van der Waals surface area contributed by atoms with Gasteiger partial charge in [0.25, 0.3) is 5.91 Å². The Morgan fingerprint density at radius 1 is 0.750 bits per heavy atom. The number of carbonyl (C=O) groups is 2. The van der Waals surface area contributed by atoms with Crippen LogP contribution in [0.1, 0.15) is 26.3 Å². The molecule has 4 aromatic rings. The zero-order valence-corrected chi connectivity index (χ0v) is 17.5. The predicted molar refractivity (Wildman–Crippen MR) is 122 cm³/mol. The molecule has 6 heteroatoms. The van der Waals surface area contributed by atoms with Crippen LogP contribution in [0.15, 0.2) is 97.1 Å². The average Bonchev–Trinajstić information content (AvgIpc) is 2.82. The summed E-state index contributed by atoms with van der Waals surface area (Å²) in [6.45, 7) is 0. The van der Waals surface area contributed by atoms with Gasteiger partial charge in [-0.05, 0) is 36.4 Å². The van der Waals surface area contributed by atoms with Crippen molar-refractivity contribution in [2.45, 2.75) is 0 Å².